The first-order valence-electron chi connectivity index (χ1n) is 3.82. The molecule has 5 heteroatoms. The van der Waals surface area contributed by atoms with Crippen LogP contribution in [-0.4, -0.2) is 21.0 Å². The summed E-state index contributed by atoms with van der Waals surface area (Å²) >= 11 is 5.68. The summed E-state index contributed by atoms with van der Waals surface area (Å²) in [4.78, 5) is 18.5. The summed E-state index contributed by atoms with van der Waals surface area (Å²) in [7, 11) is 0. The van der Waals surface area contributed by atoms with Crippen LogP contribution in [0.3, 0.4) is 0 Å². The summed E-state index contributed by atoms with van der Waals surface area (Å²) in [5.74, 6) is -1.08. The minimum atomic E-state index is -1.08. The number of halogens is 1. The van der Waals surface area contributed by atoms with Gasteiger partial charge >= 0.3 is 5.97 Å². The van der Waals surface area contributed by atoms with E-state index in [0.29, 0.717) is 10.9 Å². The van der Waals surface area contributed by atoms with E-state index in [4.69, 9.17) is 16.7 Å². The largest absolute Gasteiger partial charge is 0.478 e. The topological polar surface area (TPSA) is 63.1 Å². The zero-order valence-electron chi connectivity index (χ0n) is 6.94. The highest BCUT2D eigenvalue weighted by Crippen LogP contribution is 2.19. The molecule has 1 N–H and O–H groups in total. The fraction of sp³-hybridized carbons (Fsp3) is 0. The number of pyridine rings is 2. The summed E-state index contributed by atoms with van der Waals surface area (Å²) in [5, 5.41) is 9.48. The minimum absolute atomic E-state index is 0.00497. The van der Waals surface area contributed by atoms with Gasteiger partial charge < -0.3 is 5.11 Å². The zero-order valence-corrected chi connectivity index (χ0v) is 7.69. The minimum Gasteiger partial charge on any atom is -0.478 e. The lowest BCUT2D eigenvalue weighted by molar-refractivity contribution is 0.0697. The van der Waals surface area contributed by atoms with E-state index in [1.54, 1.807) is 12.3 Å². The van der Waals surface area contributed by atoms with Gasteiger partial charge in [0.15, 0.2) is 0 Å². The van der Waals surface area contributed by atoms with Gasteiger partial charge in [-0.15, -0.1) is 0 Å². The van der Waals surface area contributed by atoms with Crippen LogP contribution < -0.4 is 0 Å². The van der Waals surface area contributed by atoms with Crippen molar-refractivity contribution in [3.8, 4) is 0 Å². The first kappa shape index (κ1) is 8.90. The number of fused-ring (bicyclic) bond motifs is 1. The Morgan fingerprint density at radius 2 is 2.29 bits per heavy atom. The van der Waals surface area contributed by atoms with Gasteiger partial charge in [0.25, 0.3) is 0 Å². The van der Waals surface area contributed by atoms with Gasteiger partial charge in [-0.2, -0.15) is 0 Å². The van der Waals surface area contributed by atoms with Crippen molar-refractivity contribution in [2.24, 2.45) is 0 Å². The molecule has 0 unspecified atom stereocenters. The molecule has 0 aromatic carbocycles. The van der Waals surface area contributed by atoms with E-state index < -0.39 is 5.97 Å². The Morgan fingerprint density at radius 1 is 1.50 bits per heavy atom. The number of aromatic carboxylic acids is 1. The molecule has 0 spiro atoms. The quantitative estimate of drug-likeness (QED) is 0.728. The molecule has 0 atom stereocenters. The average molecular weight is 209 g/mol. The standard InChI is InChI=1S/C9H5ClN2O2/c10-8-6(9(13)14)3-5-1-2-11-4-7(5)12-8/h1-4H,(H,13,14). The zero-order chi connectivity index (χ0) is 10.1. The number of carboxylic acid groups (broad SMARTS) is 1. The molecule has 2 heterocycles. The molecule has 0 aliphatic carbocycles. The second-order valence-corrected chi connectivity index (χ2v) is 3.06. The fourth-order valence-electron chi connectivity index (χ4n) is 1.14. The molecule has 2 aromatic heterocycles. The van der Waals surface area contributed by atoms with Gasteiger partial charge in [-0.3, -0.25) is 4.98 Å². The fourth-order valence-corrected chi connectivity index (χ4v) is 1.37. The Hall–Kier alpha value is -1.68. The van der Waals surface area contributed by atoms with Gasteiger partial charge in [0.1, 0.15) is 5.15 Å². The third-order valence-electron chi connectivity index (χ3n) is 1.80. The van der Waals surface area contributed by atoms with Gasteiger partial charge in [0.2, 0.25) is 0 Å². The molecule has 70 valence electrons. The van der Waals surface area contributed by atoms with Crippen LogP contribution in [0.2, 0.25) is 5.15 Å². The maximum absolute atomic E-state index is 10.7. The van der Waals surface area contributed by atoms with E-state index in [-0.39, 0.29) is 10.7 Å². The van der Waals surface area contributed by atoms with E-state index in [1.165, 1.54) is 12.3 Å². The molecule has 0 saturated heterocycles. The maximum atomic E-state index is 10.7. The molecule has 4 nitrogen and oxygen atoms in total. The Morgan fingerprint density at radius 3 is 3.00 bits per heavy atom. The van der Waals surface area contributed by atoms with Crippen LogP contribution >= 0.6 is 11.6 Å². The molecule has 14 heavy (non-hydrogen) atoms. The van der Waals surface area contributed by atoms with Crippen LogP contribution in [-0.2, 0) is 0 Å². The predicted octanol–water partition coefficient (Wildman–Crippen LogP) is 1.98. The van der Waals surface area contributed by atoms with Crippen LogP contribution in [0.15, 0.2) is 24.5 Å². The van der Waals surface area contributed by atoms with Crippen molar-refractivity contribution in [1.82, 2.24) is 9.97 Å². The predicted molar refractivity (Wildman–Crippen MR) is 51.5 cm³/mol. The van der Waals surface area contributed by atoms with Crippen molar-refractivity contribution < 1.29 is 9.90 Å². The van der Waals surface area contributed by atoms with Crippen LogP contribution in [0.4, 0.5) is 0 Å². The Labute approximate surface area is 84.2 Å². The highest BCUT2D eigenvalue weighted by Gasteiger charge is 2.10. The lowest BCUT2D eigenvalue weighted by Crippen LogP contribution is -1.99. The number of carbonyl (C=O) groups is 1. The normalized spacial score (nSPS) is 10.4. The van der Waals surface area contributed by atoms with E-state index in [0.717, 1.165) is 0 Å². The molecule has 0 bridgehead atoms. The van der Waals surface area contributed by atoms with Crippen LogP contribution in [0.1, 0.15) is 10.4 Å². The van der Waals surface area contributed by atoms with Crippen LogP contribution in [0, 0.1) is 0 Å². The van der Waals surface area contributed by atoms with Crippen molar-refractivity contribution in [3.05, 3.63) is 35.2 Å². The van der Waals surface area contributed by atoms with E-state index in [9.17, 15) is 4.79 Å². The molecule has 0 amide bonds. The van der Waals surface area contributed by atoms with Gasteiger partial charge in [-0.25, -0.2) is 9.78 Å². The summed E-state index contributed by atoms with van der Waals surface area (Å²) in [6.07, 6.45) is 3.11. The van der Waals surface area contributed by atoms with E-state index in [1.807, 2.05) is 0 Å². The summed E-state index contributed by atoms with van der Waals surface area (Å²) in [6.45, 7) is 0. The molecule has 0 fully saturated rings. The van der Waals surface area contributed by atoms with E-state index >= 15 is 0 Å². The monoisotopic (exact) mass is 208 g/mol. The maximum Gasteiger partial charge on any atom is 0.338 e. The second kappa shape index (κ2) is 3.23. The van der Waals surface area contributed by atoms with Crippen molar-refractivity contribution in [3.63, 3.8) is 0 Å². The van der Waals surface area contributed by atoms with Gasteiger partial charge in [-0.05, 0) is 12.1 Å². The molecular weight excluding hydrogens is 204 g/mol. The summed E-state index contributed by atoms with van der Waals surface area (Å²) in [6, 6.07) is 3.17. The smallest absolute Gasteiger partial charge is 0.338 e. The second-order valence-electron chi connectivity index (χ2n) is 2.70. The molecule has 0 saturated carbocycles. The Kier molecular flexibility index (Phi) is 2.05. The van der Waals surface area contributed by atoms with Gasteiger partial charge in [-0.1, -0.05) is 11.6 Å². The number of carboxylic acids is 1. The Bertz CT molecular complexity index is 513. The van der Waals surface area contributed by atoms with Crippen LogP contribution in [0.5, 0.6) is 0 Å². The van der Waals surface area contributed by atoms with Crippen LogP contribution in [0.25, 0.3) is 10.9 Å². The number of aromatic nitrogens is 2. The highest BCUT2D eigenvalue weighted by atomic mass is 35.5. The average Bonchev–Trinajstić information content (AvgIpc) is 2.16. The number of rotatable bonds is 1. The number of hydrogen-bond donors (Lipinski definition) is 1. The molecular formula is C9H5ClN2O2. The number of hydrogen-bond acceptors (Lipinski definition) is 3. The first-order valence-corrected chi connectivity index (χ1v) is 4.20. The summed E-state index contributed by atoms with van der Waals surface area (Å²) in [5.41, 5.74) is 0.591. The van der Waals surface area contributed by atoms with Crippen molar-refractivity contribution >= 4 is 28.5 Å². The lowest BCUT2D eigenvalue weighted by atomic mass is 10.2. The third kappa shape index (κ3) is 1.40. The van der Waals surface area contributed by atoms with Crippen molar-refractivity contribution in [2.45, 2.75) is 0 Å². The van der Waals surface area contributed by atoms with Gasteiger partial charge in [0, 0.05) is 11.6 Å². The molecule has 0 radical (unpaired) electrons. The third-order valence-corrected chi connectivity index (χ3v) is 2.09. The molecule has 2 aromatic rings. The van der Waals surface area contributed by atoms with Crippen molar-refractivity contribution in [2.75, 3.05) is 0 Å². The first-order chi connectivity index (χ1) is 6.68. The van der Waals surface area contributed by atoms with Crippen molar-refractivity contribution in [1.29, 1.82) is 0 Å². The van der Waals surface area contributed by atoms with Gasteiger partial charge in [0.05, 0.1) is 17.3 Å². The SMILES string of the molecule is O=C(O)c1cc2ccncc2nc1Cl. The Balaban J connectivity index is 2.77. The molecule has 0 aliphatic rings. The molecule has 0 aliphatic heterocycles. The highest BCUT2D eigenvalue weighted by molar-refractivity contribution is 6.32. The van der Waals surface area contributed by atoms with E-state index in [2.05, 4.69) is 9.97 Å². The number of nitrogens with zero attached hydrogens (tertiary/aromatic N) is 2. The lowest BCUT2D eigenvalue weighted by Gasteiger charge is -2.00. The summed E-state index contributed by atoms with van der Waals surface area (Å²) < 4.78 is 0. The molecule has 2 rings (SSSR count).